The molecule has 0 saturated heterocycles. The summed E-state index contributed by atoms with van der Waals surface area (Å²) in [6.07, 6.45) is -4.46. The summed E-state index contributed by atoms with van der Waals surface area (Å²) >= 11 is 2.93. The molecule has 15 heavy (non-hydrogen) atoms. The maximum Gasteiger partial charge on any atom is 0.396 e. The van der Waals surface area contributed by atoms with Gasteiger partial charge in [0.15, 0.2) is 0 Å². The van der Waals surface area contributed by atoms with Gasteiger partial charge < -0.3 is 5.73 Å². The van der Waals surface area contributed by atoms with E-state index >= 15 is 0 Å². The van der Waals surface area contributed by atoms with Crippen molar-refractivity contribution in [3.63, 3.8) is 0 Å². The van der Waals surface area contributed by atoms with Crippen molar-refractivity contribution < 1.29 is 17.6 Å². The zero-order chi connectivity index (χ0) is 11.6. The van der Waals surface area contributed by atoms with E-state index in [-0.39, 0.29) is 10.0 Å². The molecule has 84 valence electrons. The maximum absolute atomic E-state index is 12.9. The van der Waals surface area contributed by atoms with E-state index in [4.69, 9.17) is 5.73 Å². The summed E-state index contributed by atoms with van der Waals surface area (Å²) < 4.78 is 50.5. The summed E-state index contributed by atoms with van der Waals surface area (Å²) in [6, 6.07) is 3.15. The Balaban J connectivity index is 3.13. The highest BCUT2D eigenvalue weighted by molar-refractivity contribution is 9.10. The topological polar surface area (TPSA) is 26.0 Å². The smallest absolute Gasteiger partial charge is 0.330 e. The highest BCUT2D eigenvalue weighted by Crippen LogP contribution is 2.35. The second kappa shape index (κ2) is 4.49. The Morgan fingerprint density at radius 2 is 1.87 bits per heavy atom. The lowest BCUT2D eigenvalue weighted by atomic mass is 9.99. The van der Waals surface area contributed by atoms with Crippen LogP contribution in [-0.4, -0.2) is 12.7 Å². The van der Waals surface area contributed by atoms with Crippen molar-refractivity contribution >= 4 is 15.9 Å². The minimum atomic E-state index is -4.46. The summed E-state index contributed by atoms with van der Waals surface area (Å²) in [5.41, 5.74) is 4.86. The van der Waals surface area contributed by atoms with Gasteiger partial charge in [-0.15, -0.1) is 0 Å². The zero-order valence-corrected chi connectivity index (χ0v) is 9.07. The number of nitrogens with two attached hydrogens (primary N) is 1. The third-order valence-corrected chi connectivity index (χ3v) is 2.38. The molecule has 6 heteroatoms. The van der Waals surface area contributed by atoms with Gasteiger partial charge in [-0.2, -0.15) is 13.2 Å². The van der Waals surface area contributed by atoms with E-state index in [1.165, 1.54) is 6.07 Å². The lowest BCUT2D eigenvalue weighted by molar-refractivity contribution is -0.148. The van der Waals surface area contributed by atoms with Crippen molar-refractivity contribution in [2.45, 2.75) is 12.1 Å². The Bertz CT molecular complexity index is 330. The molecule has 1 atom stereocenters. The van der Waals surface area contributed by atoms with E-state index in [1.54, 1.807) is 0 Å². The largest absolute Gasteiger partial charge is 0.396 e. The van der Waals surface area contributed by atoms with Gasteiger partial charge in [0.1, 0.15) is 5.82 Å². The van der Waals surface area contributed by atoms with Crippen LogP contribution in [-0.2, 0) is 0 Å². The van der Waals surface area contributed by atoms with Gasteiger partial charge in [0.05, 0.1) is 5.92 Å². The average Bonchev–Trinajstić information content (AvgIpc) is 1.99. The number of hydrogen-bond acceptors (Lipinski definition) is 1. The number of hydrogen-bond donors (Lipinski definition) is 1. The van der Waals surface area contributed by atoms with Gasteiger partial charge in [0.2, 0.25) is 0 Å². The van der Waals surface area contributed by atoms with E-state index in [2.05, 4.69) is 15.9 Å². The van der Waals surface area contributed by atoms with Gasteiger partial charge >= 0.3 is 6.18 Å². The second-order valence-electron chi connectivity index (χ2n) is 3.03. The molecule has 0 aromatic heterocycles. The predicted octanol–water partition coefficient (Wildman–Crippen LogP) is 3.19. The van der Waals surface area contributed by atoms with Crippen LogP contribution in [0.15, 0.2) is 22.7 Å². The number of rotatable bonds is 2. The summed E-state index contributed by atoms with van der Waals surface area (Å²) in [5, 5.41) is 0. The van der Waals surface area contributed by atoms with Crippen LogP contribution in [0.2, 0.25) is 0 Å². The fraction of sp³-hybridized carbons (Fsp3) is 0.333. The van der Waals surface area contributed by atoms with Crippen LogP contribution in [0.1, 0.15) is 11.5 Å². The lowest BCUT2D eigenvalue weighted by Crippen LogP contribution is -2.28. The molecular weight excluding hydrogens is 278 g/mol. The minimum Gasteiger partial charge on any atom is -0.330 e. The van der Waals surface area contributed by atoms with Crippen molar-refractivity contribution in [2.75, 3.05) is 6.54 Å². The van der Waals surface area contributed by atoms with E-state index in [0.717, 1.165) is 12.1 Å². The molecule has 1 rings (SSSR count). The molecule has 0 aliphatic heterocycles. The van der Waals surface area contributed by atoms with Crippen LogP contribution in [0.4, 0.5) is 17.6 Å². The minimum absolute atomic E-state index is 0.170. The number of benzene rings is 1. The first-order valence-electron chi connectivity index (χ1n) is 4.07. The van der Waals surface area contributed by atoms with E-state index in [1.807, 2.05) is 0 Å². The summed E-state index contributed by atoms with van der Waals surface area (Å²) in [6.45, 7) is -0.598. The molecule has 1 unspecified atom stereocenters. The summed E-state index contributed by atoms with van der Waals surface area (Å²) in [4.78, 5) is 0. The second-order valence-corrected chi connectivity index (χ2v) is 3.95. The van der Waals surface area contributed by atoms with Crippen molar-refractivity contribution in [3.8, 4) is 0 Å². The Kier molecular flexibility index (Phi) is 3.72. The molecule has 0 spiro atoms. The first-order chi connectivity index (χ1) is 6.84. The molecule has 1 nitrogen and oxygen atoms in total. The summed E-state index contributed by atoms with van der Waals surface area (Å²) in [5.74, 6) is -2.55. The van der Waals surface area contributed by atoms with Crippen molar-refractivity contribution in [2.24, 2.45) is 5.73 Å². The summed E-state index contributed by atoms with van der Waals surface area (Å²) in [7, 11) is 0. The van der Waals surface area contributed by atoms with Crippen molar-refractivity contribution in [3.05, 3.63) is 34.1 Å². The van der Waals surface area contributed by atoms with Crippen LogP contribution in [0.5, 0.6) is 0 Å². The Hall–Kier alpha value is -0.620. The molecule has 0 aliphatic rings. The Labute approximate surface area is 92.4 Å². The fourth-order valence-electron chi connectivity index (χ4n) is 1.24. The molecular formula is C9H8BrF4N. The van der Waals surface area contributed by atoms with Gasteiger partial charge in [0.25, 0.3) is 0 Å². The van der Waals surface area contributed by atoms with Crippen LogP contribution < -0.4 is 5.73 Å². The lowest BCUT2D eigenvalue weighted by Gasteiger charge is -2.19. The molecule has 0 amide bonds. The molecule has 0 heterocycles. The Morgan fingerprint density at radius 3 is 2.27 bits per heavy atom. The quantitative estimate of drug-likeness (QED) is 0.830. The Morgan fingerprint density at radius 1 is 1.27 bits per heavy atom. The number of halogens is 5. The van der Waals surface area contributed by atoms with E-state index in [9.17, 15) is 17.6 Å². The molecule has 0 fully saturated rings. The van der Waals surface area contributed by atoms with Gasteiger partial charge in [-0.05, 0) is 23.8 Å². The molecule has 0 saturated carbocycles. The normalized spacial score (nSPS) is 14.0. The van der Waals surface area contributed by atoms with Gasteiger partial charge in [0, 0.05) is 11.0 Å². The van der Waals surface area contributed by atoms with Crippen LogP contribution in [0.3, 0.4) is 0 Å². The monoisotopic (exact) mass is 285 g/mol. The van der Waals surface area contributed by atoms with Gasteiger partial charge in [-0.25, -0.2) is 4.39 Å². The molecule has 0 radical (unpaired) electrons. The average molecular weight is 286 g/mol. The van der Waals surface area contributed by atoms with Gasteiger partial charge in [-0.3, -0.25) is 0 Å². The predicted molar refractivity (Wildman–Crippen MR) is 52.0 cm³/mol. The maximum atomic E-state index is 12.9. The third-order valence-electron chi connectivity index (χ3n) is 1.92. The highest BCUT2D eigenvalue weighted by atomic mass is 79.9. The van der Waals surface area contributed by atoms with Crippen molar-refractivity contribution in [1.82, 2.24) is 0 Å². The van der Waals surface area contributed by atoms with E-state index < -0.39 is 24.5 Å². The van der Waals surface area contributed by atoms with Crippen molar-refractivity contribution in [1.29, 1.82) is 0 Å². The molecule has 0 aliphatic carbocycles. The van der Waals surface area contributed by atoms with Crippen LogP contribution in [0.25, 0.3) is 0 Å². The number of alkyl halides is 3. The highest BCUT2D eigenvalue weighted by Gasteiger charge is 2.39. The first-order valence-corrected chi connectivity index (χ1v) is 4.86. The fourth-order valence-corrected chi connectivity index (χ4v) is 1.72. The first kappa shape index (κ1) is 12.4. The van der Waals surface area contributed by atoms with Crippen LogP contribution in [0, 0.1) is 5.82 Å². The van der Waals surface area contributed by atoms with Crippen LogP contribution >= 0.6 is 15.9 Å². The molecule has 1 aromatic rings. The standard InChI is InChI=1S/C9H8BrF4N/c10-6-1-5(2-7(11)3-6)8(4-15)9(12,13)14/h1-3,8H,4,15H2. The van der Waals surface area contributed by atoms with Gasteiger partial charge in [-0.1, -0.05) is 15.9 Å². The molecule has 0 bridgehead atoms. The SMILES string of the molecule is NCC(c1cc(F)cc(Br)c1)C(F)(F)F. The zero-order valence-electron chi connectivity index (χ0n) is 7.48. The third kappa shape index (κ3) is 3.17. The molecule has 1 aromatic carbocycles. The molecule has 2 N–H and O–H groups in total. The van der Waals surface area contributed by atoms with E-state index in [0.29, 0.717) is 0 Å².